The summed E-state index contributed by atoms with van der Waals surface area (Å²) in [6.45, 7) is -0.0442. The number of nitrogens with zero attached hydrogens (tertiary/aromatic N) is 1. The molecule has 182 valence electrons. The highest BCUT2D eigenvalue weighted by Gasteiger charge is 2.27. The van der Waals surface area contributed by atoms with Crippen LogP contribution in [-0.2, 0) is 22.4 Å². The van der Waals surface area contributed by atoms with Gasteiger partial charge in [0.15, 0.2) is 11.5 Å². The minimum atomic E-state index is -0.196. The number of carbonyl (C=O) groups is 2. The smallest absolute Gasteiger partial charge is 0.240 e. The van der Waals surface area contributed by atoms with E-state index in [0.29, 0.717) is 11.5 Å². The molecule has 0 spiro atoms. The van der Waals surface area contributed by atoms with Gasteiger partial charge >= 0.3 is 0 Å². The maximum absolute atomic E-state index is 13.0. The molecule has 2 amide bonds. The van der Waals surface area contributed by atoms with E-state index in [-0.39, 0.29) is 30.8 Å². The number of H-pyrrole nitrogens is 1. The fraction of sp³-hybridized carbons (Fsp3) is 0.333. The molecule has 1 unspecified atom stereocenters. The van der Waals surface area contributed by atoms with Gasteiger partial charge in [-0.2, -0.15) is 0 Å². The van der Waals surface area contributed by atoms with Crippen molar-refractivity contribution >= 4 is 28.8 Å². The number of ether oxygens (including phenoxy) is 3. The Balaban J connectivity index is 1.32. The molecule has 8 nitrogen and oxygen atoms in total. The standard InChI is InChI=1S/C27H29N3O5/c1-33-18-7-8-21-20(14-18)19-5-4-6-22(27(19)29-21)28-25(31)15-30-10-9-16-11-23(34-2)24(35-3)12-17(16)13-26(30)32/h7-12,14,22,29H,4-6,13,15H2,1-3H3,(H,28,31). The molecule has 1 aliphatic heterocycles. The van der Waals surface area contributed by atoms with E-state index in [1.807, 2.05) is 36.4 Å². The Morgan fingerprint density at radius 1 is 1.11 bits per heavy atom. The van der Waals surface area contributed by atoms with E-state index >= 15 is 0 Å². The lowest BCUT2D eigenvalue weighted by Gasteiger charge is -2.25. The first kappa shape index (κ1) is 22.8. The number of hydrogen-bond acceptors (Lipinski definition) is 5. The zero-order valence-corrected chi connectivity index (χ0v) is 20.1. The van der Waals surface area contributed by atoms with E-state index in [4.69, 9.17) is 14.2 Å². The van der Waals surface area contributed by atoms with Crippen LogP contribution < -0.4 is 19.5 Å². The van der Waals surface area contributed by atoms with Crippen molar-refractivity contribution in [3.8, 4) is 17.2 Å². The molecule has 3 aromatic rings. The number of carbonyl (C=O) groups excluding carboxylic acids is 2. The molecule has 0 saturated heterocycles. The van der Waals surface area contributed by atoms with Crippen molar-refractivity contribution in [3.05, 3.63) is 58.9 Å². The predicted molar refractivity (Wildman–Crippen MR) is 133 cm³/mol. The molecular weight excluding hydrogens is 446 g/mol. The van der Waals surface area contributed by atoms with Crippen LogP contribution in [0.25, 0.3) is 17.0 Å². The number of rotatable bonds is 6. The van der Waals surface area contributed by atoms with E-state index in [0.717, 1.165) is 52.7 Å². The summed E-state index contributed by atoms with van der Waals surface area (Å²) < 4.78 is 16.1. The predicted octanol–water partition coefficient (Wildman–Crippen LogP) is 3.74. The maximum Gasteiger partial charge on any atom is 0.240 e. The molecule has 2 aromatic carbocycles. The third kappa shape index (κ3) is 4.32. The van der Waals surface area contributed by atoms with Crippen LogP contribution in [-0.4, -0.2) is 49.6 Å². The number of nitrogens with one attached hydrogen (secondary N) is 2. The van der Waals surface area contributed by atoms with Crippen LogP contribution in [0.1, 0.15) is 41.3 Å². The fourth-order valence-corrected chi connectivity index (χ4v) is 5.01. The molecular formula is C27H29N3O5. The Labute approximate surface area is 203 Å². The van der Waals surface area contributed by atoms with Crippen LogP contribution in [0.4, 0.5) is 0 Å². The number of fused-ring (bicyclic) bond motifs is 4. The average molecular weight is 476 g/mol. The molecule has 0 bridgehead atoms. The van der Waals surface area contributed by atoms with Gasteiger partial charge < -0.3 is 29.4 Å². The lowest BCUT2D eigenvalue weighted by molar-refractivity contribution is -0.133. The van der Waals surface area contributed by atoms with Crippen LogP contribution in [0.5, 0.6) is 17.2 Å². The topological polar surface area (TPSA) is 92.9 Å². The molecule has 2 N–H and O–H groups in total. The third-order valence-electron chi connectivity index (χ3n) is 6.80. The van der Waals surface area contributed by atoms with Crippen LogP contribution in [0.2, 0.25) is 0 Å². The normalized spacial score (nSPS) is 16.9. The van der Waals surface area contributed by atoms with Gasteiger partial charge in [-0.3, -0.25) is 9.59 Å². The van der Waals surface area contributed by atoms with Crippen molar-refractivity contribution in [2.75, 3.05) is 27.9 Å². The molecule has 1 aromatic heterocycles. The van der Waals surface area contributed by atoms with Crippen LogP contribution in [0, 0.1) is 0 Å². The minimum Gasteiger partial charge on any atom is -0.497 e. The first-order valence-electron chi connectivity index (χ1n) is 11.7. The number of methoxy groups -OCH3 is 3. The van der Waals surface area contributed by atoms with E-state index in [9.17, 15) is 9.59 Å². The zero-order valence-electron chi connectivity index (χ0n) is 20.1. The van der Waals surface area contributed by atoms with Crippen molar-refractivity contribution in [2.45, 2.75) is 31.7 Å². The van der Waals surface area contributed by atoms with Gasteiger partial charge in [0.25, 0.3) is 0 Å². The lowest BCUT2D eigenvalue weighted by Crippen LogP contribution is -2.40. The van der Waals surface area contributed by atoms with Gasteiger partial charge in [0, 0.05) is 22.8 Å². The summed E-state index contributed by atoms with van der Waals surface area (Å²) in [5, 5.41) is 4.27. The van der Waals surface area contributed by atoms with Gasteiger partial charge in [0.1, 0.15) is 12.3 Å². The molecule has 0 saturated carbocycles. The molecule has 35 heavy (non-hydrogen) atoms. The van der Waals surface area contributed by atoms with Gasteiger partial charge in [0.2, 0.25) is 11.8 Å². The van der Waals surface area contributed by atoms with E-state index in [1.54, 1.807) is 27.5 Å². The van der Waals surface area contributed by atoms with E-state index in [1.165, 1.54) is 10.5 Å². The summed E-state index contributed by atoms with van der Waals surface area (Å²) in [5.41, 5.74) is 4.99. The molecule has 1 aliphatic carbocycles. The highest BCUT2D eigenvalue weighted by molar-refractivity contribution is 5.90. The summed E-state index contributed by atoms with van der Waals surface area (Å²) in [4.78, 5) is 30.9. The van der Waals surface area contributed by atoms with Gasteiger partial charge in [-0.1, -0.05) is 0 Å². The van der Waals surface area contributed by atoms with Crippen molar-refractivity contribution < 1.29 is 23.8 Å². The summed E-state index contributed by atoms with van der Waals surface area (Å²) in [6.07, 6.45) is 6.45. The van der Waals surface area contributed by atoms with E-state index < -0.39 is 0 Å². The van der Waals surface area contributed by atoms with Crippen molar-refractivity contribution in [2.24, 2.45) is 0 Å². The largest absolute Gasteiger partial charge is 0.497 e. The van der Waals surface area contributed by atoms with Gasteiger partial charge in [0.05, 0.1) is 33.8 Å². The first-order chi connectivity index (χ1) is 17.0. The van der Waals surface area contributed by atoms with Crippen molar-refractivity contribution in [1.29, 1.82) is 0 Å². The van der Waals surface area contributed by atoms with Crippen molar-refractivity contribution in [1.82, 2.24) is 15.2 Å². The molecule has 2 aliphatic rings. The second kappa shape index (κ2) is 9.37. The molecule has 0 radical (unpaired) electrons. The Morgan fingerprint density at radius 3 is 2.69 bits per heavy atom. The molecule has 0 fully saturated rings. The third-order valence-corrected chi connectivity index (χ3v) is 6.80. The number of aryl methyl sites for hydroxylation is 1. The highest BCUT2D eigenvalue weighted by atomic mass is 16.5. The van der Waals surface area contributed by atoms with Gasteiger partial charge in [-0.05, 0) is 72.4 Å². The Bertz CT molecular complexity index is 1330. The van der Waals surface area contributed by atoms with E-state index in [2.05, 4.69) is 10.3 Å². The Morgan fingerprint density at radius 2 is 1.91 bits per heavy atom. The number of benzene rings is 2. The lowest BCUT2D eigenvalue weighted by atomic mass is 9.91. The van der Waals surface area contributed by atoms with Gasteiger partial charge in [-0.15, -0.1) is 0 Å². The summed E-state index contributed by atoms with van der Waals surface area (Å²) in [5.74, 6) is 1.64. The number of aromatic amines is 1. The quantitative estimate of drug-likeness (QED) is 0.567. The molecule has 2 heterocycles. The maximum atomic E-state index is 13.0. The second-order valence-electron chi connectivity index (χ2n) is 8.86. The number of amides is 2. The van der Waals surface area contributed by atoms with Crippen LogP contribution in [0.3, 0.4) is 0 Å². The minimum absolute atomic E-state index is 0.0442. The number of hydrogen-bond donors (Lipinski definition) is 2. The average Bonchev–Trinajstić information content (AvgIpc) is 3.18. The zero-order chi connectivity index (χ0) is 24.5. The second-order valence-corrected chi connectivity index (χ2v) is 8.86. The van der Waals surface area contributed by atoms with Crippen LogP contribution >= 0.6 is 0 Å². The van der Waals surface area contributed by atoms with Crippen LogP contribution in [0.15, 0.2) is 36.5 Å². The monoisotopic (exact) mass is 475 g/mol. The summed E-state index contributed by atoms with van der Waals surface area (Å²) in [6, 6.07) is 9.51. The summed E-state index contributed by atoms with van der Waals surface area (Å²) >= 11 is 0. The molecule has 5 rings (SSSR count). The fourth-order valence-electron chi connectivity index (χ4n) is 5.01. The van der Waals surface area contributed by atoms with Gasteiger partial charge in [-0.25, -0.2) is 0 Å². The Hall–Kier alpha value is -3.94. The summed E-state index contributed by atoms with van der Waals surface area (Å²) in [7, 11) is 4.80. The highest BCUT2D eigenvalue weighted by Crippen LogP contribution is 2.36. The molecule has 1 atom stereocenters. The first-order valence-corrected chi connectivity index (χ1v) is 11.7. The SMILES string of the molecule is COc1ccc2[nH]c3c(c2c1)CCCC3NC(=O)CN1C=Cc2cc(OC)c(OC)cc2CC1=O. The molecule has 8 heteroatoms. The number of aromatic nitrogens is 1. The van der Waals surface area contributed by atoms with Crippen molar-refractivity contribution in [3.63, 3.8) is 0 Å². The Kier molecular flexibility index (Phi) is 6.11.